The SMILES string of the molecule is C#CCC(C)NC(=O)c1cccn1CC(F)F. The molecule has 0 aliphatic carbocycles. The number of terminal acetylenes is 1. The van der Waals surface area contributed by atoms with Gasteiger partial charge in [-0.25, -0.2) is 8.78 Å². The van der Waals surface area contributed by atoms with Crippen LogP contribution in [0.2, 0.25) is 0 Å². The molecule has 0 aliphatic rings. The van der Waals surface area contributed by atoms with E-state index in [-0.39, 0.29) is 11.7 Å². The lowest BCUT2D eigenvalue weighted by molar-refractivity contribution is 0.0918. The van der Waals surface area contributed by atoms with E-state index in [0.717, 1.165) is 0 Å². The molecule has 1 amide bonds. The van der Waals surface area contributed by atoms with Gasteiger partial charge in [0.1, 0.15) is 5.69 Å². The Morgan fingerprint density at radius 1 is 1.65 bits per heavy atom. The smallest absolute Gasteiger partial charge is 0.268 e. The van der Waals surface area contributed by atoms with Crippen LogP contribution < -0.4 is 5.32 Å². The minimum atomic E-state index is -2.49. The Kier molecular flexibility index (Phi) is 4.70. The number of carbonyl (C=O) groups is 1. The average Bonchev–Trinajstić information content (AvgIpc) is 2.65. The highest BCUT2D eigenvalue weighted by molar-refractivity contribution is 5.92. The second-order valence-corrected chi connectivity index (χ2v) is 3.72. The minimum absolute atomic E-state index is 0.178. The van der Waals surface area contributed by atoms with Gasteiger partial charge < -0.3 is 9.88 Å². The molecule has 1 heterocycles. The highest BCUT2D eigenvalue weighted by atomic mass is 19.3. The van der Waals surface area contributed by atoms with Crippen LogP contribution in [0.15, 0.2) is 18.3 Å². The van der Waals surface area contributed by atoms with Gasteiger partial charge in [0.25, 0.3) is 12.3 Å². The summed E-state index contributed by atoms with van der Waals surface area (Å²) in [4.78, 5) is 11.7. The van der Waals surface area contributed by atoms with Crippen LogP contribution in [0.3, 0.4) is 0 Å². The number of aromatic nitrogens is 1. The fourth-order valence-corrected chi connectivity index (χ4v) is 1.45. The zero-order valence-electron chi connectivity index (χ0n) is 9.49. The van der Waals surface area contributed by atoms with Crippen molar-refractivity contribution < 1.29 is 13.6 Å². The molecule has 0 aromatic carbocycles. The molecule has 0 spiro atoms. The molecule has 1 atom stereocenters. The van der Waals surface area contributed by atoms with Gasteiger partial charge in [-0.05, 0) is 19.1 Å². The predicted octanol–water partition coefficient (Wildman–Crippen LogP) is 1.89. The lowest BCUT2D eigenvalue weighted by Gasteiger charge is -2.12. The van der Waals surface area contributed by atoms with Gasteiger partial charge in [-0.15, -0.1) is 12.3 Å². The number of halogens is 2. The molecule has 5 heteroatoms. The summed E-state index contributed by atoms with van der Waals surface area (Å²) >= 11 is 0. The van der Waals surface area contributed by atoms with Crippen LogP contribution in [-0.4, -0.2) is 22.9 Å². The van der Waals surface area contributed by atoms with Crippen LogP contribution in [0.1, 0.15) is 23.8 Å². The zero-order valence-corrected chi connectivity index (χ0v) is 9.49. The van der Waals surface area contributed by atoms with Crippen LogP contribution in [0.4, 0.5) is 8.78 Å². The Balaban J connectivity index is 2.69. The second-order valence-electron chi connectivity index (χ2n) is 3.72. The Morgan fingerprint density at radius 2 is 2.35 bits per heavy atom. The van der Waals surface area contributed by atoms with Gasteiger partial charge in [0.15, 0.2) is 0 Å². The van der Waals surface area contributed by atoms with Crippen molar-refractivity contribution in [3.8, 4) is 12.3 Å². The van der Waals surface area contributed by atoms with Crippen molar-refractivity contribution in [3.63, 3.8) is 0 Å². The third-order valence-electron chi connectivity index (χ3n) is 2.20. The van der Waals surface area contributed by atoms with Crippen molar-refractivity contribution in [1.29, 1.82) is 0 Å². The summed E-state index contributed by atoms with van der Waals surface area (Å²) in [6.45, 7) is 1.28. The standard InChI is InChI=1S/C12H14F2N2O/c1-3-5-9(2)15-12(17)10-6-4-7-16(10)8-11(13)14/h1,4,6-7,9,11H,5,8H2,2H3,(H,15,17). The molecule has 1 aromatic heterocycles. The molecule has 0 saturated carbocycles. The number of carbonyl (C=O) groups excluding carboxylic acids is 1. The summed E-state index contributed by atoms with van der Waals surface area (Å²) in [5, 5.41) is 2.65. The van der Waals surface area contributed by atoms with Crippen LogP contribution in [0.5, 0.6) is 0 Å². The van der Waals surface area contributed by atoms with E-state index in [1.807, 2.05) is 0 Å². The first-order valence-corrected chi connectivity index (χ1v) is 5.22. The van der Waals surface area contributed by atoms with Gasteiger partial charge >= 0.3 is 0 Å². The van der Waals surface area contributed by atoms with Gasteiger partial charge in [-0.2, -0.15) is 0 Å². The van der Waals surface area contributed by atoms with E-state index in [0.29, 0.717) is 6.42 Å². The number of hydrogen-bond donors (Lipinski definition) is 1. The van der Waals surface area contributed by atoms with E-state index < -0.39 is 18.9 Å². The molecule has 3 nitrogen and oxygen atoms in total. The maximum atomic E-state index is 12.2. The first kappa shape index (κ1) is 13.2. The first-order valence-electron chi connectivity index (χ1n) is 5.22. The van der Waals surface area contributed by atoms with Crippen LogP contribution >= 0.6 is 0 Å². The Labute approximate surface area is 98.8 Å². The highest BCUT2D eigenvalue weighted by Crippen LogP contribution is 2.07. The molecule has 1 unspecified atom stereocenters. The number of nitrogens with zero attached hydrogens (tertiary/aromatic N) is 1. The minimum Gasteiger partial charge on any atom is -0.347 e. The number of amides is 1. The van der Waals surface area contributed by atoms with Crippen LogP contribution in [-0.2, 0) is 6.54 Å². The van der Waals surface area contributed by atoms with E-state index in [4.69, 9.17) is 6.42 Å². The number of alkyl halides is 2. The number of nitrogens with one attached hydrogen (secondary N) is 1. The third-order valence-corrected chi connectivity index (χ3v) is 2.20. The zero-order chi connectivity index (χ0) is 12.8. The van der Waals surface area contributed by atoms with Crippen molar-refractivity contribution in [3.05, 3.63) is 24.0 Å². The molecule has 0 fully saturated rings. The summed E-state index contributed by atoms with van der Waals surface area (Å²) in [6, 6.07) is 2.88. The van der Waals surface area contributed by atoms with E-state index in [1.165, 1.54) is 16.8 Å². The van der Waals surface area contributed by atoms with E-state index in [1.54, 1.807) is 13.0 Å². The monoisotopic (exact) mass is 240 g/mol. The largest absolute Gasteiger partial charge is 0.347 e. The lowest BCUT2D eigenvalue weighted by Crippen LogP contribution is -2.33. The summed E-state index contributed by atoms with van der Waals surface area (Å²) in [7, 11) is 0. The maximum absolute atomic E-state index is 12.2. The van der Waals surface area contributed by atoms with E-state index in [9.17, 15) is 13.6 Å². The quantitative estimate of drug-likeness (QED) is 0.783. The summed E-state index contributed by atoms with van der Waals surface area (Å²) < 4.78 is 25.7. The van der Waals surface area contributed by atoms with Gasteiger partial charge in [0.05, 0.1) is 6.54 Å². The van der Waals surface area contributed by atoms with E-state index in [2.05, 4.69) is 11.2 Å². The van der Waals surface area contributed by atoms with Gasteiger partial charge in [-0.3, -0.25) is 4.79 Å². The van der Waals surface area contributed by atoms with Crippen molar-refractivity contribution >= 4 is 5.91 Å². The summed E-state index contributed by atoms with van der Waals surface area (Å²) in [5.74, 6) is 2.03. The fourth-order valence-electron chi connectivity index (χ4n) is 1.45. The number of hydrogen-bond acceptors (Lipinski definition) is 1. The molecule has 0 radical (unpaired) electrons. The number of rotatable bonds is 5. The Hall–Kier alpha value is -1.83. The molecule has 17 heavy (non-hydrogen) atoms. The maximum Gasteiger partial charge on any atom is 0.268 e. The Bertz CT molecular complexity index is 420. The molecule has 1 aromatic rings. The van der Waals surface area contributed by atoms with Crippen molar-refractivity contribution in [2.75, 3.05) is 0 Å². The first-order chi connectivity index (χ1) is 8.04. The third kappa shape index (κ3) is 3.91. The highest BCUT2D eigenvalue weighted by Gasteiger charge is 2.15. The second kappa shape index (κ2) is 6.04. The van der Waals surface area contributed by atoms with Crippen molar-refractivity contribution in [2.45, 2.75) is 32.4 Å². The van der Waals surface area contributed by atoms with Gasteiger partial charge in [0, 0.05) is 18.7 Å². The van der Waals surface area contributed by atoms with E-state index >= 15 is 0 Å². The van der Waals surface area contributed by atoms with Crippen LogP contribution in [0, 0.1) is 12.3 Å². The molecular weight excluding hydrogens is 226 g/mol. The molecule has 0 aliphatic heterocycles. The molecule has 1 rings (SSSR count). The topological polar surface area (TPSA) is 34.0 Å². The predicted molar refractivity (Wildman–Crippen MR) is 60.8 cm³/mol. The van der Waals surface area contributed by atoms with Crippen molar-refractivity contribution in [1.82, 2.24) is 9.88 Å². The molecule has 92 valence electrons. The normalized spacial score (nSPS) is 12.2. The van der Waals surface area contributed by atoms with Gasteiger partial charge in [-0.1, -0.05) is 0 Å². The average molecular weight is 240 g/mol. The molecule has 0 saturated heterocycles. The summed E-state index contributed by atoms with van der Waals surface area (Å²) in [6.07, 6.45) is 4.48. The molecule has 1 N–H and O–H groups in total. The lowest BCUT2D eigenvalue weighted by atomic mass is 10.2. The van der Waals surface area contributed by atoms with Gasteiger partial charge in [0.2, 0.25) is 0 Å². The Morgan fingerprint density at radius 3 is 2.94 bits per heavy atom. The fraction of sp³-hybridized carbons (Fsp3) is 0.417. The van der Waals surface area contributed by atoms with Crippen molar-refractivity contribution in [2.24, 2.45) is 0 Å². The summed E-state index contributed by atoms with van der Waals surface area (Å²) in [5.41, 5.74) is 0.217. The van der Waals surface area contributed by atoms with Crippen LogP contribution in [0.25, 0.3) is 0 Å². The molecular formula is C12H14F2N2O. The molecule has 0 bridgehead atoms.